The Morgan fingerprint density at radius 1 is 1.50 bits per heavy atom. The van der Waals surface area contributed by atoms with E-state index in [1.165, 1.54) is 43.1 Å². The summed E-state index contributed by atoms with van der Waals surface area (Å²) >= 11 is 1.81. The van der Waals surface area contributed by atoms with Gasteiger partial charge in [-0.1, -0.05) is 0 Å². The van der Waals surface area contributed by atoms with E-state index in [1.54, 1.807) is 0 Å². The highest BCUT2D eigenvalue weighted by atomic mass is 32.1. The Morgan fingerprint density at radius 2 is 2.25 bits per heavy atom. The fourth-order valence-corrected chi connectivity index (χ4v) is 3.23. The van der Waals surface area contributed by atoms with E-state index in [9.17, 15) is 0 Å². The molecule has 1 aliphatic rings. The van der Waals surface area contributed by atoms with Crippen LogP contribution in [0.1, 0.15) is 23.5 Å². The molecule has 0 aliphatic carbocycles. The maximum atomic E-state index is 5.57. The molecule has 0 unspecified atom stereocenters. The van der Waals surface area contributed by atoms with Gasteiger partial charge in [-0.25, -0.2) is 4.98 Å². The van der Waals surface area contributed by atoms with Gasteiger partial charge in [0, 0.05) is 30.6 Å². The first-order chi connectivity index (χ1) is 7.78. The Bertz CT molecular complexity index is 316. The maximum absolute atomic E-state index is 5.57. The summed E-state index contributed by atoms with van der Waals surface area (Å²) in [6, 6.07) is 0. The summed E-state index contributed by atoms with van der Waals surface area (Å²) in [5.74, 6) is 0.833. The second-order valence-electron chi connectivity index (χ2n) is 4.66. The first-order valence-corrected chi connectivity index (χ1v) is 6.99. The maximum Gasteiger partial charge on any atom is 0.0930 e. The number of aromatic nitrogens is 1. The molecule has 2 rings (SSSR count). The Kier molecular flexibility index (Phi) is 4.32. The molecular formula is C12H21N3S. The van der Waals surface area contributed by atoms with Crippen LogP contribution in [0.4, 0.5) is 0 Å². The van der Waals surface area contributed by atoms with Crippen LogP contribution in [0.2, 0.25) is 0 Å². The van der Waals surface area contributed by atoms with Crippen molar-refractivity contribution in [3.8, 4) is 0 Å². The van der Waals surface area contributed by atoms with Crippen LogP contribution in [0.25, 0.3) is 0 Å². The monoisotopic (exact) mass is 239 g/mol. The summed E-state index contributed by atoms with van der Waals surface area (Å²) in [6.07, 6.45) is 3.78. The number of thiazole rings is 1. The summed E-state index contributed by atoms with van der Waals surface area (Å²) in [6.45, 7) is 6.35. The molecule has 2 N–H and O–H groups in total. The molecule has 1 aliphatic heterocycles. The SMILES string of the molecule is Cc1csc(CC2CCN(CCN)CC2)n1. The molecule has 4 heteroatoms. The third-order valence-electron chi connectivity index (χ3n) is 3.28. The van der Waals surface area contributed by atoms with Crippen molar-refractivity contribution in [1.29, 1.82) is 0 Å². The molecule has 0 aromatic carbocycles. The van der Waals surface area contributed by atoms with Crippen LogP contribution in [-0.2, 0) is 6.42 Å². The fourth-order valence-electron chi connectivity index (χ4n) is 2.34. The number of nitrogens with two attached hydrogens (primary N) is 1. The minimum absolute atomic E-state index is 0.788. The van der Waals surface area contributed by atoms with Crippen molar-refractivity contribution in [2.45, 2.75) is 26.2 Å². The Hall–Kier alpha value is -0.450. The average molecular weight is 239 g/mol. The highest BCUT2D eigenvalue weighted by Crippen LogP contribution is 2.22. The van der Waals surface area contributed by atoms with E-state index in [1.807, 2.05) is 11.3 Å². The molecular weight excluding hydrogens is 218 g/mol. The van der Waals surface area contributed by atoms with Gasteiger partial charge in [0.1, 0.15) is 0 Å². The molecule has 0 atom stereocenters. The third kappa shape index (κ3) is 3.27. The Balaban J connectivity index is 1.77. The van der Waals surface area contributed by atoms with Crippen LogP contribution < -0.4 is 5.73 Å². The molecule has 90 valence electrons. The second kappa shape index (κ2) is 5.75. The van der Waals surface area contributed by atoms with Gasteiger partial charge < -0.3 is 10.6 Å². The van der Waals surface area contributed by atoms with Crippen molar-refractivity contribution in [2.24, 2.45) is 11.7 Å². The fraction of sp³-hybridized carbons (Fsp3) is 0.750. The molecule has 1 aromatic heterocycles. The first kappa shape index (κ1) is 12.0. The largest absolute Gasteiger partial charge is 0.329 e. The zero-order valence-electron chi connectivity index (χ0n) is 9.98. The normalized spacial score (nSPS) is 19.1. The number of likely N-dealkylation sites (tertiary alicyclic amines) is 1. The predicted molar refractivity (Wildman–Crippen MR) is 68.8 cm³/mol. The molecule has 2 heterocycles. The number of hydrogen-bond donors (Lipinski definition) is 1. The van der Waals surface area contributed by atoms with E-state index < -0.39 is 0 Å². The third-order valence-corrected chi connectivity index (χ3v) is 4.27. The second-order valence-corrected chi connectivity index (χ2v) is 5.60. The van der Waals surface area contributed by atoms with Crippen LogP contribution in [0, 0.1) is 12.8 Å². The van der Waals surface area contributed by atoms with Crippen molar-refractivity contribution < 1.29 is 0 Å². The molecule has 0 bridgehead atoms. The molecule has 0 radical (unpaired) electrons. The zero-order valence-corrected chi connectivity index (χ0v) is 10.8. The molecule has 1 aromatic rings. The molecule has 3 nitrogen and oxygen atoms in total. The van der Waals surface area contributed by atoms with E-state index in [4.69, 9.17) is 5.73 Å². The topological polar surface area (TPSA) is 42.1 Å². The molecule has 1 saturated heterocycles. The average Bonchev–Trinajstić information content (AvgIpc) is 2.67. The van der Waals surface area contributed by atoms with Crippen molar-refractivity contribution >= 4 is 11.3 Å². The number of rotatable bonds is 4. The van der Waals surface area contributed by atoms with E-state index in [-0.39, 0.29) is 0 Å². The quantitative estimate of drug-likeness (QED) is 0.869. The summed E-state index contributed by atoms with van der Waals surface area (Å²) in [7, 11) is 0. The van der Waals surface area contributed by atoms with Crippen LogP contribution in [0.3, 0.4) is 0 Å². The van der Waals surface area contributed by atoms with Crippen molar-refractivity contribution in [3.05, 3.63) is 16.1 Å². The van der Waals surface area contributed by atoms with Gasteiger partial charge in [0.2, 0.25) is 0 Å². The summed E-state index contributed by atoms with van der Waals surface area (Å²) in [4.78, 5) is 7.02. The van der Waals surface area contributed by atoms with Crippen LogP contribution >= 0.6 is 11.3 Å². The minimum atomic E-state index is 0.788. The summed E-state index contributed by atoms with van der Waals surface area (Å²) < 4.78 is 0. The zero-order chi connectivity index (χ0) is 11.4. The lowest BCUT2D eigenvalue weighted by atomic mass is 9.94. The van der Waals surface area contributed by atoms with Gasteiger partial charge in [-0.3, -0.25) is 0 Å². The van der Waals surface area contributed by atoms with Crippen molar-refractivity contribution in [3.63, 3.8) is 0 Å². The summed E-state index contributed by atoms with van der Waals surface area (Å²) in [5, 5.41) is 3.47. The van der Waals surface area contributed by atoms with Gasteiger partial charge in [0.25, 0.3) is 0 Å². The predicted octanol–water partition coefficient (Wildman–Crippen LogP) is 1.66. The minimum Gasteiger partial charge on any atom is -0.329 e. The van der Waals surface area contributed by atoms with Gasteiger partial charge >= 0.3 is 0 Å². The molecule has 1 fully saturated rings. The lowest BCUT2D eigenvalue weighted by Crippen LogP contribution is -2.37. The van der Waals surface area contributed by atoms with E-state index in [2.05, 4.69) is 22.2 Å². The van der Waals surface area contributed by atoms with Crippen LogP contribution in [0.15, 0.2) is 5.38 Å². The van der Waals surface area contributed by atoms with Crippen molar-refractivity contribution in [2.75, 3.05) is 26.2 Å². The summed E-state index contributed by atoms with van der Waals surface area (Å²) in [5.41, 5.74) is 6.74. The van der Waals surface area contributed by atoms with E-state index in [0.717, 1.165) is 19.0 Å². The highest BCUT2D eigenvalue weighted by molar-refractivity contribution is 7.09. The van der Waals surface area contributed by atoms with Crippen molar-refractivity contribution in [1.82, 2.24) is 9.88 Å². The standard InChI is InChI=1S/C12H21N3S/c1-10-9-16-12(14-10)8-11-2-5-15(6-3-11)7-4-13/h9,11H,2-8,13H2,1H3. The lowest BCUT2D eigenvalue weighted by molar-refractivity contribution is 0.188. The first-order valence-electron chi connectivity index (χ1n) is 6.11. The molecule has 0 spiro atoms. The van der Waals surface area contributed by atoms with Gasteiger partial charge in [0.05, 0.1) is 5.01 Å². The number of aryl methyl sites for hydroxylation is 1. The molecule has 0 amide bonds. The van der Waals surface area contributed by atoms with Gasteiger partial charge in [-0.15, -0.1) is 11.3 Å². The highest BCUT2D eigenvalue weighted by Gasteiger charge is 2.19. The number of hydrogen-bond acceptors (Lipinski definition) is 4. The van der Waals surface area contributed by atoms with E-state index in [0.29, 0.717) is 0 Å². The van der Waals surface area contributed by atoms with Gasteiger partial charge in [-0.2, -0.15) is 0 Å². The Labute approximate surface area is 102 Å². The van der Waals surface area contributed by atoms with Crippen LogP contribution in [0.5, 0.6) is 0 Å². The smallest absolute Gasteiger partial charge is 0.0930 e. The van der Waals surface area contributed by atoms with Gasteiger partial charge in [0.15, 0.2) is 0 Å². The number of nitrogens with zero attached hydrogens (tertiary/aromatic N) is 2. The lowest BCUT2D eigenvalue weighted by Gasteiger charge is -2.31. The van der Waals surface area contributed by atoms with Gasteiger partial charge in [-0.05, 0) is 38.8 Å². The van der Waals surface area contributed by atoms with E-state index >= 15 is 0 Å². The van der Waals surface area contributed by atoms with Crippen LogP contribution in [-0.4, -0.2) is 36.1 Å². The molecule has 16 heavy (non-hydrogen) atoms. The Morgan fingerprint density at radius 3 is 2.81 bits per heavy atom. The number of piperidine rings is 1. The molecule has 0 saturated carbocycles.